The Morgan fingerprint density at radius 3 is 2.77 bits per heavy atom. The fourth-order valence-corrected chi connectivity index (χ4v) is 3.78. The summed E-state index contributed by atoms with van der Waals surface area (Å²) in [4.78, 5) is 6.75. The minimum absolute atomic E-state index is 0.214. The molecule has 4 nitrogen and oxygen atoms in total. The Bertz CT molecular complexity index is 723. The van der Waals surface area contributed by atoms with Crippen molar-refractivity contribution in [3.05, 3.63) is 65.5 Å². The van der Waals surface area contributed by atoms with Gasteiger partial charge in [0.2, 0.25) is 0 Å². The molecule has 0 N–H and O–H groups in total. The summed E-state index contributed by atoms with van der Waals surface area (Å²) in [5.41, 5.74) is 3.50. The van der Waals surface area contributed by atoms with E-state index in [1.807, 2.05) is 30.6 Å². The van der Waals surface area contributed by atoms with E-state index in [0.717, 1.165) is 51.3 Å². The molecule has 4 heteroatoms. The molecule has 0 spiro atoms. The molecule has 1 aromatic carbocycles. The monoisotopic (exact) mass is 349 g/mol. The Hall–Kier alpha value is -2.22. The van der Waals surface area contributed by atoms with Crippen LogP contribution in [0.3, 0.4) is 0 Å². The lowest BCUT2D eigenvalue weighted by molar-refractivity contribution is 0.0489. The van der Waals surface area contributed by atoms with Crippen molar-refractivity contribution in [1.82, 2.24) is 9.88 Å². The summed E-state index contributed by atoms with van der Waals surface area (Å²) in [6, 6.07) is 14.3. The summed E-state index contributed by atoms with van der Waals surface area (Å²) in [6.45, 7) is 6.79. The number of aromatic nitrogens is 1. The molecule has 0 amide bonds. The summed E-state index contributed by atoms with van der Waals surface area (Å²) in [5.74, 6) is 0. The molecule has 0 aliphatic carbocycles. The summed E-state index contributed by atoms with van der Waals surface area (Å²) < 4.78 is 5.86. The first kappa shape index (κ1) is 18.6. The minimum atomic E-state index is 0.214. The number of nitrogens with zero attached hydrogens (tertiary/aromatic N) is 3. The number of benzene rings is 1. The van der Waals surface area contributed by atoms with Crippen molar-refractivity contribution < 1.29 is 4.74 Å². The van der Waals surface area contributed by atoms with Crippen LogP contribution in [0.2, 0.25) is 0 Å². The van der Waals surface area contributed by atoms with Gasteiger partial charge in [0, 0.05) is 37.5 Å². The summed E-state index contributed by atoms with van der Waals surface area (Å²) >= 11 is 0. The molecule has 1 atom stereocenters. The van der Waals surface area contributed by atoms with Crippen LogP contribution in [0, 0.1) is 16.7 Å². The molecule has 26 heavy (non-hydrogen) atoms. The fourth-order valence-electron chi connectivity index (χ4n) is 3.78. The van der Waals surface area contributed by atoms with Crippen molar-refractivity contribution in [3.63, 3.8) is 0 Å². The van der Waals surface area contributed by atoms with Crippen LogP contribution in [0.1, 0.15) is 36.5 Å². The van der Waals surface area contributed by atoms with Crippen LogP contribution in [0.15, 0.2) is 48.8 Å². The fraction of sp³-hybridized carbons (Fsp3) is 0.455. The van der Waals surface area contributed by atoms with Crippen LogP contribution >= 0.6 is 0 Å². The van der Waals surface area contributed by atoms with Crippen molar-refractivity contribution in [1.29, 1.82) is 5.26 Å². The van der Waals surface area contributed by atoms with E-state index in [9.17, 15) is 0 Å². The lowest BCUT2D eigenvalue weighted by Crippen LogP contribution is -2.32. The zero-order valence-electron chi connectivity index (χ0n) is 15.5. The molecule has 2 aromatic rings. The standard InChI is InChI=1S/C22H27N3O/c1-2-26-18-22(10-9-19-5-7-20(14-23)8-6-19)11-13-25(17-22)16-21-4-3-12-24-15-21/h3-8,12,15H,2,9-11,13,16-18H2,1H3. The number of hydrogen-bond acceptors (Lipinski definition) is 4. The Morgan fingerprint density at radius 1 is 1.23 bits per heavy atom. The van der Waals surface area contributed by atoms with E-state index in [4.69, 9.17) is 10.00 Å². The molecule has 2 heterocycles. The normalized spacial score (nSPS) is 20.2. The van der Waals surface area contributed by atoms with Gasteiger partial charge in [0.05, 0.1) is 18.2 Å². The van der Waals surface area contributed by atoms with Crippen molar-refractivity contribution in [3.8, 4) is 6.07 Å². The predicted octanol–water partition coefficient (Wildman–Crippen LogP) is 3.81. The highest BCUT2D eigenvalue weighted by Crippen LogP contribution is 2.36. The van der Waals surface area contributed by atoms with Crippen LogP contribution in [-0.4, -0.2) is 36.2 Å². The molecule has 1 aliphatic heterocycles. The van der Waals surface area contributed by atoms with E-state index in [-0.39, 0.29) is 5.41 Å². The lowest BCUT2D eigenvalue weighted by Gasteiger charge is -2.29. The Morgan fingerprint density at radius 2 is 2.08 bits per heavy atom. The van der Waals surface area contributed by atoms with Gasteiger partial charge in [0.15, 0.2) is 0 Å². The van der Waals surface area contributed by atoms with Crippen LogP contribution in [0.25, 0.3) is 0 Å². The van der Waals surface area contributed by atoms with E-state index in [1.165, 1.54) is 17.5 Å². The molecular weight excluding hydrogens is 322 g/mol. The third-order valence-corrected chi connectivity index (χ3v) is 5.29. The van der Waals surface area contributed by atoms with Crippen molar-refractivity contribution >= 4 is 0 Å². The first-order valence-electron chi connectivity index (χ1n) is 9.41. The first-order valence-corrected chi connectivity index (χ1v) is 9.41. The average molecular weight is 349 g/mol. The van der Waals surface area contributed by atoms with Gasteiger partial charge >= 0.3 is 0 Å². The Labute approximate surface area is 156 Å². The molecule has 1 fully saturated rings. The van der Waals surface area contributed by atoms with Gasteiger partial charge in [-0.05, 0) is 62.1 Å². The van der Waals surface area contributed by atoms with Crippen LogP contribution in [0.4, 0.5) is 0 Å². The number of nitriles is 1. The highest BCUT2D eigenvalue weighted by Gasteiger charge is 2.37. The van der Waals surface area contributed by atoms with Crippen LogP contribution in [0.5, 0.6) is 0 Å². The van der Waals surface area contributed by atoms with E-state index in [0.29, 0.717) is 0 Å². The largest absolute Gasteiger partial charge is 0.381 e. The highest BCUT2D eigenvalue weighted by atomic mass is 16.5. The number of pyridine rings is 1. The topological polar surface area (TPSA) is 49.1 Å². The second kappa shape index (κ2) is 8.93. The first-order chi connectivity index (χ1) is 12.7. The Balaban J connectivity index is 1.62. The molecule has 1 saturated heterocycles. The van der Waals surface area contributed by atoms with Gasteiger partial charge in [-0.2, -0.15) is 5.26 Å². The van der Waals surface area contributed by atoms with Crippen molar-refractivity contribution in [2.24, 2.45) is 5.41 Å². The zero-order chi connectivity index (χ0) is 18.2. The van der Waals surface area contributed by atoms with Crippen LogP contribution in [-0.2, 0) is 17.7 Å². The number of ether oxygens (including phenoxy) is 1. The van der Waals surface area contributed by atoms with E-state index >= 15 is 0 Å². The molecule has 1 unspecified atom stereocenters. The predicted molar refractivity (Wildman–Crippen MR) is 103 cm³/mol. The third kappa shape index (κ3) is 4.91. The maximum atomic E-state index is 8.94. The second-order valence-electron chi connectivity index (χ2n) is 7.27. The van der Waals surface area contributed by atoms with Gasteiger partial charge in [-0.15, -0.1) is 0 Å². The number of rotatable bonds is 8. The molecule has 0 saturated carbocycles. The minimum Gasteiger partial charge on any atom is -0.381 e. The zero-order valence-corrected chi connectivity index (χ0v) is 15.5. The highest BCUT2D eigenvalue weighted by molar-refractivity contribution is 5.31. The van der Waals surface area contributed by atoms with E-state index in [2.05, 4.69) is 41.1 Å². The van der Waals surface area contributed by atoms with Crippen molar-refractivity contribution in [2.75, 3.05) is 26.3 Å². The van der Waals surface area contributed by atoms with Gasteiger partial charge in [0.1, 0.15) is 0 Å². The van der Waals surface area contributed by atoms with Gasteiger partial charge in [-0.25, -0.2) is 0 Å². The molecule has 136 valence electrons. The van der Waals surface area contributed by atoms with Gasteiger partial charge < -0.3 is 4.74 Å². The van der Waals surface area contributed by atoms with Crippen molar-refractivity contribution in [2.45, 2.75) is 32.7 Å². The van der Waals surface area contributed by atoms with Gasteiger partial charge in [-0.1, -0.05) is 18.2 Å². The number of aryl methyl sites for hydroxylation is 1. The number of likely N-dealkylation sites (tertiary alicyclic amines) is 1. The lowest BCUT2D eigenvalue weighted by atomic mass is 9.82. The SMILES string of the molecule is CCOCC1(CCc2ccc(C#N)cc2)CCN(Cc2cccnc2)C1. The van der Waals surface area contributed by atoms with E-state index in [1.54, 1.807) is 0 Å². The van der Waals surface area contributed by atoms with Crippen LogP contribution < -0.4 is 0 Å². The molecule has 1 aromatic heterocycles. The molecule has 0 radical (unpaired) electrons. The average Bonchev–Trinajstić information content (AvgIpc) is 3.09. The quantitative estimate of drug-likeness (QED) is 0.727. The van der Waals surface area contributed by atoms with Gasteiger partial charge in [-0.3, -0.25) is 9.88 Å². The summed E-state index contributed by atoms with van der Waals surface area (Å²) in [5, 5.41) is 8.94. The second-order valence-corrected chi connectivity index (χ2v) is 7.27. The Kier molecular flexibility index (Phi) is 6.38. The summed E-state index contributed by atoms with van der Waals surface area (Å²) in [7, 11) is 0. The van der Waals surface area contributed by atoms with Gasteiger partial charge in [0.25, 0.3) is 0 Å². The molecule has 1 aliphatic rings. The molecule has 3 rings (SSSR count). The summed E-state index contributed by atoms with van der Waals surface area (Å²) in [6.07, 6.45) is 7.09. The smallest absolute Gasteiger partial charge is 0.0991 e. The maximum absolute atomic E-state index is 8.94. The molecule has 0 bridgehead atoms. The maximum Gasteiger partial charge on any atom is 0.0991 e. The third-order valence-electron chi connectivity index (χ3n) is 5.29. The van der Waals surface area contributed by atoms with E-state index < -0.39 is 0 Å². The molecular formula is C22H27N3O. The number of hydrogen-bond donors (Lipinski definition) is 0.